The van der Waals surface area contributed by atoms with Gasteiger partial charge in [-0.05, 0) is 17.7 Å². The zero-order valence-corrected chi connectivity index (χ0v) is 18.4. The summed E-state index contributed by atoms with van der Waals surface area (Å²) in [6.07, 6.45) is 0.254. The van der Waals surface area contributed by atoms with Crippen LogP contribution in [0.5, 0.6) is 0 Å². The molecule has 3 amide bonds. The molecular weight excluding hydrogens is 419 g/mol. The zero-order chi connectivity index (χ0) is 22.2. The molecule has 1 saturated heterocycles. The SMILES string of the molecule is CN(Cc1ccccc1)C(=O)NCCC(=O)N1CCN(Cc2c(F)cccc2Cl)CC1. The molecule has 0 saturated carbocycles. The van der Waals surface area contributed by atoms with E-state index in [-0.39, 0.29) is 24.2 Å². The van der Waals surface area contributed by atoms with Gasteiger partial charge in [0.05, 0.1) is 0 Å². The number of hydrogen-bond acceptors (Lipinski definition) is 3. The number of halogens is 2. The number of nitrogens with one attached hydrogen (secondary N) is 1. The Morgan fingerprint density at radius 1 is 1.06 bits per heavy atom. The van der Waals surface area contributed by atoms with Crippen LogP contribution in [-0.2, 0) is 17.9 Å². The number of nitrogens with zero attached hydrogens (tertiary/aromatic N) is 3. The second-order valence-electron chi connectivity index (χ2n) is 7.68. The van der Waals surface area contributed by atoms with E-state index >= 15 is 0 Å². The molecule has 31 heavy (non-hydrogen) atoms. The third-order valence-corrected chi connectivity index (χ3v) is 5.75. The van der Waals surface area contributed by atoms with Gasteiger partial charge in [-0.25, -0.2) is 9.18 Å². The predicted octanol–water partition coefficient (Wildman–Crippen LogP) is 3.36. The largest absolute Gasteiger partial charge is 0.340 e. The monoisotopic (exact) mass is 446 g/mol. The van der Waals surface area contributed by atoms with Gasteiger partial charge >= 0.3 is 6.03 Å². The molecule has 2 aromatic carbocycles. The average Bonchev–Trinajstić information content (AvgIpc) is 2.77. The highest BCUT2D eigenvalue weighted by molar-refractivity contribution is 6.31. The molecule has 0 atom stereocenters. The van der Waals surface area contributed by atoms with E-state index in [1.54, 1.807) is 29.0 Å². The maximum atomic E-state index is 14.0. The fraction of sp³-hybridized carbons (Fsp3) is 0.391. The summed E-state index contributed by atoms with van der Waals surface area (Å²) in [5.41, 5.74) is 1.54. The highest BCUT2D eigenvalue weighted by Crippen LogP contribution is 2.21. The van der Waals surface area contributed by atoms with Gasteiger partial charge in [-0.15, -0.1) is 0 Å². The Morgan fingerprint density at radius 2 is 1.77 bits per heavy atom. The van der Waals surface area contributed by atoms with E-state index in [1.807, 2.05) is 30.3 Å². The standard InChI is InChI=1S/C23H28ClFN4O2/c1-27(16-18-6-3-2-4-7-18)23(31)26-11-10-22(30)29-14-12-28(13-15-29)17-19-20(24)8-5-9-21(19)25/h2-9H,10-17H2,1H3,(H,26,31). The topological polar surface area (TPSA) is 55.9 Å². The average molecular weight is 447 g/mol. The lowest BCUT2D eigenvalue weighted by atomic mass is 10.1. The Labute approximate surface area is 187 Å². The summed E-state index contributed by atoms with van der Waals surface area (Å²) in [4.78, 5) is 30.2. The number of carbonyl (C=O) groups excluding carboxylic acids is 2. The molecule has 3 rings (SSSR count). The van der Waals surface area contributed by atoms with E-state index in [9.17, 15) is 14.0 Å². The molecule has 0 unspecified atom stereocenters. The molecular formula is C23H28ClFN4O2. The first-order valence-corrected chi connectivity index (χ1v) is 10.8. The van der Waals surface area contributed by atoms with E-state index in [4.69, 9.17) is 11.6 Å². The molecule has 0 aromatic heterocycles. The molecule has 0 bridgehead atoms. The minimum atomic E-state index is -0.307. The van der Waals surface area contributed by atoms with Gasteiger partial charge in [-0.1, -0.05) is 48.0 Å². The van der Waals surface area contributed by atoms with Crippen molar-refractivity contribution in [2.75, 3.05) is 39.8 Å². The van der Waals surface area contributed by atoms with Crippen LogP contribution >= 0.6 is 11.6 Å². The molecule has 0 spiro atoms. The molecule has 1 heterocycles. The van der Waals surface area contributed by atoms with Crippen molar-refractivity contribution >= 4 is 23.5 Å². The molecule has 1 fully saturated rings. The first-order valence-electron chi connectivity index (χ1n) is 10.4. The molecule has 0 aliphatic carbocycles. The fourth-order valence-corrected chi connectivity index (χ4v) is 3.78. The van der Waals surface area contributed by atoms with Crippen LogP contribution in [0.25, 0.3) is 0 Å². The predicted molar refractivity (Wildman–Crippen MR) is 119 cm³/mol. The Bertz CT molecular complexity index is 868. The van der Waals surface area contributed by atoms with Gasteiger partial charge in [-0.2, -0.15) is 0 Å². The molecule has 6 nitrogen and oxygen atoms in total. The summed E-state index contributed by atoms with van der Waals surface area (Å²) in [6, 6.07) is 14.2. The third-order valence-electron chi connectivity index (χ3n) is 5.39. The van der Waals surface area contributed by atoms with Crippen LogP contribution in [-0.4, -0.2) is 66.4 Å². The summed E-state index contributed by atoms with van der Waals surface area (Å²) < 4.78 is 14.0. The van der Waals surface area contributed by atoms with Crippen LogP contribution < -0.4 is 5.32 Å². The van der Waals surface area contributed by atoms with Gasteiger partial charge < -0.3 is 15.1 Å². The molecule has 0 radical (unpaired) electrons. The minimum Gasteiger partial charge on any atom is -0.340 e. The van der Waals surface area contributed by atoms with Gasteiger partial charge in [0, 0.05) is 69.9 Å². The highest BCUT2D eigenvalue weighted by atomic mass is 35.5. The summed E-state index contributed by atoms with van der Waals surface area (Å²) >= 11 is 6.11. The van der Waals surface area contributed by atoms with Crippen molar-refractivity contribution < 1.29 is 14.0 Å². The summed E-state index contributed by atoms with van der Waals surface area (Å²) in [5.74, 6) is -0.298. The van der Waals surface area contributed by atoms with Gasteiger partial charge in [0.25, 0.3) is 0 Å². The number of carbonyl (C=O) groups is 2. The fourth-order valence-electron chi connectivity index (χ4n) is 3.56. The van der Waals surface area contributed by atoms with Crippen molar-refractivity contribution in [2.24, 2.45) is 0 Å². The number of urea groups is 1. The van der Waals surface area contributed by atoms with Crippen LogP contribution in [0.3, 0.4) is 0 Å². The molecule has 166 valence electrons. The lowest BCUT2D eigenvalue weighted by Crippen LogP contribution is -2.49. The van der Waals surface area contributed by atoms with Crippen molar-refractivity contribution in [1.29, 1.82) is 0 Å². The quantitative estimate of drug-likeness (QED) is 0.709. The lowest BCUT2D eigenvalue weighted by molar-refractivity contribution is -0.132. The van der Waals surface area contributed by atoms with Crippen molar-refractivity contribution in [3.05, 3.63) is 70.5 Å². The number of hydrogen-bond donors (Lipinski definition) is 1. The van der Waals surface area contributed by atoms with Gasteiger partial charge in [0.1, 0.15) is 5.82 Å². The highest BCUT2D eigenvalue weighted by Gasteiger charge is 2.22. The molecule has 2 aromatic rings. The van der Waals surface area contributed by atoms with Gasteiger partial charge in [0.15, 0.2) is 0 Å². The second-order valence-corrected chi connectivity index (χ2v) is 8.09. The minimum absolute atomic E-state index is 0.00888. The maximum absolute atomic E-state index is 14.0. The van der Waals surface area contributed by atoms with Crippen molar-refractivity contribution in [3.8, 4) is 0 Å². The second kappa shape index (κ2) is 11.1. The smallest absolute Gasteiger partial charge is 0.317 e. The maximum Gasteiger partial charge on any atom is 0.317 e. The third kappa shape index (κ3) is 6.67. The normalized spacial score (nSPS) is 14.4. The van der Waals surface area contributed by atoms with E-state index in [0.717, 1.165) is 5.56 Å². The van der Waals surface area contributed by atoms with E-state index in [1.165, 1.54) is 6.07 Å². The van der Waals surface area contributed by atoms with Crippen LogP contribution in [0.15, 0.2) is 48.5 Å². The van der Waals surface area contributed by atoms with Gasteiger partial charge in [-0.3, -0.25) is 9.69 Å². The lowest BCUT2D eigenvalue weighted by Gasteiger charge is -2.35. The van der Waals surface area contributed by atoms with Crippen LogP contribution in [0.2, 0.25) is 5.02 Å². The number of benzene rings is 2. The summed E-state index contributed by atoms with van der Waals surface area (Å²) in [6.45, 7) is 3.69. The van der Waals surface area contributed by atoms with Crippen molar-refractivity contribution in [1.82, 2.24) is 20.0 Å². The Balaban J connectivity index is 1.36. The van der Waals surface area contributed by atoms with Crippen molar-refractivity contribution in [3.63, 3.8) is 0 Å². The van der Waals surface area contributed by atoms with E-state index in [2.05, 4.69) is 10.2 Å². The Morgan fingerprint density at radius 3 is 2.45 bits per heavy atom. The summed E-state index contributed by atoms with van der Waals surface area (Å²) in [5, 5.41) is 3.22. The van der Waals surface area contributed by atoms with Gasteiger partial charge in [0.2, 0.25) is 5.91 Å². The molecule has 1 N–H and O–H groups in total. The van der Waals surface area contributed by atoms with Crippen molar-refractivity contribution in [2.45, 2.75) is 19.5 Å². The molecule has 1 aliphatic heterocycles. The molecule has 8 heteroatoms. The first kappa shape index (κ1) is 23.0. The summed E-state index contributed by atoms with van der Waals surface area (Å²) in [7, 11) is 1.73. The van der Waals surface area contributed by atoms with Crippen LogP contribution in [0.4, 0.5) is 9.18 Å². The number of rotatable bonds is 7. The zero-order valence-electron chi connectivity index (χ0n) is 17.7. The Kier molecular flexibility index (Phi) is 8.26. The van der Waals surface area contributed by atoms with Crippen LogP contribution in [0.1, 0.15) is 17.5 Å². The molecule has 1 aliphatic rings. The Hall–Kier alpha value is -2.64. The first-order chi connectivity index (χ1) is 14.9. The van der Waals surface area contributed by atoms with Crippen LogP contribution in [0, 0.1) is 5.82 Å². The number of amides is 3. The number of piperazine rings is 1. The van der Waals surface area contributed by atoms with E-state index < -0.39 is 0 Å². The van der Waals surface area contributed by atoms with E-state index in [0.29, 0.717) is 56.4 Å².